The third kappa shape index (κ3) is 5.26. The Bertz CT molecular complexity index is 674. The molecule has 140 valence electrons. The van der Waals surface area contributed by atoms with E-state index in [0.717, 1.165) is 25.7 Å². The number of nitrogens with zero attached hydrogens (tertiary/aromatic N) is 1. The van der Waals surface area contributed by atoms with Gasteiger partial charge in [-0.15, -0.1) is 11.3 Å². The zero-order valence-corrected chi connectivity index (χ0v) is 16.0. The molecular weight excluding hydrogens is 362 g/mol. The molecule has 1 aromatic heterocycles. The molecular formula is C16H25N3O4S2. The van der Waals surface area contributed by atoms with Crippen LogP contribution in [0.15, 0.2) is 21.7 Å². The highest BCUT2D eigenvalue weighted by molar-refractivity contribution is 7.91. The van der Waals surface area contributed by atoms with Crippen LogP contribution in [0.2, 0.25) is 0 Å². The van der Waals surface area contributed by atoms with Crippen molar-refractivity contribution in [3.8, 4) is 0 Å². The van der Waals surface area contributed by atoms with Gasteiger partial charge in [-0.05, 0) is 37.1 Å². The summed E-state index contributed by atoms with van der Waals surface area (Å²) in [6.07, 6.45) is 3.83. The van der Waals surface area contributed by atoms with Crippen LogP contribution in [-0.4, -0.2) is 50.2 Å². The summed E-state index contributed by atoms with van der Waals surface area (Å²) >= 11 is 1.21. The molecule has 2 heterocycles. The van der Waals surface area contributed by atoms with Gasteiger partial charge in [-0.25, -0.2) is 8.42 Å². The summed E-state index contributed by atoms with van der Waals surface area (Å²) in [6, 6.07) is 3.19. The van der Waals surface area contributed by atoms with Crippen molar-refractivity contribution in [1.29, 1.82) is 0 Å². The van der Waals surface area contributed by atoms with Gasteiger partial charge in [0.2, 0.25) is 0 Å². The van der Waals surface area contributed by atoms with Crippen LogP contribution in [-0.2, 0) is 19.6 Å². The van der Waals surface area contributed by atoms with Crippen molar-refractivity contribution in [3.63, 3.8) is 0 Å². The van der Waals surface area contributed by atoms with Gasteiger partial charge in [0.15, 0.2) is 0 Å². The second kappa shape index (κ2) is 9.30. The number of thiophene rings is 1. The number of rotatable bonds is 7. The minimum atomic E-state index is -3.49. The molecule has 1 saturated heterocycles. The first-order valence-corrected chi connectivity index (χ1v) is 10.9. The monoisotopic (exact) mass is 387 g/mol. The van der Waals surface area contributed by atoms with Gasteiger partial charge in [-0.2, -0.15) is 4.31 Å². The van der Waals surface area contributed by atoms with E-state index in [4.69, 9.17) is 0 Å². The highest BCUT2D eigenvalue weighted by Gasteiger charge is 2.33. The van der Waals surface area contributed by atoms with Gasteiger partial charge in [-0.3, -0.25) is 9.59 Å². The SMILES string of the molecule is CCCNC(=O)C(=O)NCC[C@@H]1CCCCN1S(=O)(=O)c1cccs1. The van der Waals surface area contributed by atoms with Crippen molar-refractivity contribution >= 4 is 33.2 Å². The first-order chi connectivity index (χ1) is 12.0. The maximum atomic E-state index is 12.8. The van der Waals surface area contributed by atoms with Gasteiger partial charge in [0.1, 0.15) is 4.21 Å². The first-order valence-electron chi connectivity index (χ1n) is 8.58. The number of amides is 2. The first kappa shape index (κ1) is 19.9. The summed E-state index contributed by atoms with van der Waals surface area (Å²) in [6.45, 7) is 3.14. The van der Waals surface area contributed by atoms with E-state index in [0.29, 0.717) is 23.7 Å². The molecule has 25 heavy (non-hydrogen) atoms. The average Bonchev–Trinajstić information content (AvgIpc) is 3.15. The molecule has 7 nitrogen and oxygen atoms in total. The molecule has 2 N–H and O–H groups in total. The second-order valence-electron chi connectivity index (χ2n) is 6.00. The molecule has 0 bridgehead atoms. The van der Waals surface area contributed by atoms with Crippen molar-refractivity contribution in [3.05, 3.63) is 17.5 Å². The molecule has 0 saturated carbocycles. The quantitative estimate of drug-likeness (QED) is 0.690. The number of carbonyl (C=O) groups is 2. The largest absolute Gasteiger partial charge is 0.348 e. The highest BCUT2D eigenvalue weighted by atomic mass is 32.2. The Morgan fingerprint density at radius 2 is 1.96 bits per heavy atom. The predicted octanol–water partition coefficient (Wildman–Crippen LogP) is 1.32. The fraction of sp³-hybridized carbons (Fsp3) is 0.625. The molecule has 2 rings (SSSR count). The molecule has 0 unspecified atom stereocenters. The van der Waals surface area contributed by atoms with E-state index in [9.17, 15) is 18.0 Å². The topological polar surface area (TPSA) is 95.6 Å². The lowest BCUT2D eigenvalue weighted by Gasteiger charge is -2.34. The molecule has 1 aliphatic rings. The zero-order chi connectivity index (χ0) is 18.3. The Morgan fingerprint density at radius 1 is 1.24 bits per heavy atom. The van der Waals surface area contributed by atoms with Crippen LogP contribution >= 0.6 is 11.3 Å². The standard InChI is InChI=1S/C16H25N3O4S2/c1-2-9-17-15(20)16(21)18-10-8-13-6-3-4-11-19(13)25(22,23)14-7-5-12-24-14/h5,7,12-13H,2-4,6,8-11H2,1H3,(H,17,20)(H,18,21)/t13-/m0/s1. The van der Waals surface area contributed by atoms with Gasteiger partial charge in [0.25, 0.3) is 10.0 Å². The summed E-state index contributed by atoms with van der Waals surface area (Å²) in [5.41, 5.74) is 0. The predicted molar refractivity (Wildman–Crippen MR) is 96.8 cm³/mol. The van der Waals surface area contributed by atoms with Crippen LogP contribution < -0.4 is 10.6 Å². The second-order valence-corrected chi connectivity index (χ2v) is 9.06. The van der Waals surface area contributed by atoms with Gasteiger partial charge < -0.3 is 10.6 Å². The molecule has 0 aliphatic carbocycles. The molecule has 0 aromatic carbocycles. The van der Waals surface area contributed by atoms with Crippen LogP contribution in [0, 0.1) is 0 Å². The molecule has 1 aliphatic heterocycles. The summed E-state index contributed by atoms with van der Waals surface area (Å²) in [5.74, 6) is -1.31. The van der Waals surface area contributed by atoms with Crippen LogP contribution in [0.3, 0.4) is 0 Å². The Kier molecular flexibility index (Phi) is 7.39. The van der Waals surface area contributed by atoms with Gasteiger partial charge in [0.05, 0.1) is 0 Å². The van der Waals surface area contributed by atoms with Gasteiger partial charge in [0, 0.05) is 25.7 Å². The molecule has 1 fully saturated rings. The Morgan fingerprint density at radius 3 is 2.60 bits per heavy atom. The van der Waals surface area contributed by atoms with E-state index in [-0.39, 0.29) is 12.6 Å². The van der Waals surface area contributed by atoms with E-state index in [1.165, 1.54) is 11.3 Å². The molecule has 1 aromatic rings. The lowest BCUT2D eigenvalue weighted by Crippen LogP contribution is -2.46. The molecule has 0 radical (unpaired) electrons. The van der Waals surface area contributed by atoms with Crippen LogP contribution in [0.25, 0.3) is 0 Å². The summed E-state index contributed by atoms with van der Waals surface area (Å²) in [4.78, 5) is 23.2. The fourth-order valence-corrected chi connectivity index (χ4v) is 5.70. The maximum absolute atomic E-state index is 12.8. The smallest absolute Gasteiger partial charge is 0.309 e. The van der Waals surface area contributed by atoms with Crippen LogP contribution in [0.5, 0.6) is 0 Å². The van der Waals surface area contributed by atoms with Crippen molar-refractivity contribution in [2.75, 3.05) is 19.6 Å². The number of carbonyl (C=O) groups excluding carboxylic acids is 2. The number of piperidine rings is 1. The maximum Gasteiger partial charge on any atom is 0.309 e. The summed E-state index contributed by atoms with van der Waals surface area (Å²) in [5, 5.41) is 6.84. The normalized spacial score (nSPS) is 18.7. The third-order valence-electron chi connectivity index (χ3n) is 4.14. The van der Waals surface area contributed by atoms with Gasteiger partial charge >= 0.3 is 11.8 Å². The van der Waals surface area contributed by atoms with Crippen LogP contribution in [0.4, 0.5) is 0 Å². The third-order valence-corrected chi connectivity index (χ3v) is 7.46. The fourth-order valence-electron chi connectivity index (χ4n) is 2.86. The minimum Gasteiger partial charge on any atom is -0.348 e. The number of sulfonamides is 1. The summed E-state index contributed by atoms with van der Waals surface area (Å²) < 4.78 is 27.4. The Balaban J connectivity index is 1.91. The molecule has 9 heteroatoms. The van der Waals surface area contributed by atoms with Crippen molar-refractivity contribution in [2.45, 2.75) is 49.3 Å². The van der Waals surface area contributed by atoms with E-state index in [2.05, 4.69) is 10.6 Å². The lowest BCUT2D eigenvalue weighted by molar-refractivity contribution is -0.139. The Labute approximate surface area is 152 Å². The number of hydrogen-bond acceptors (Lipinski definition) is 5. The van der Waals surface area contributed by atoms with Crippen LogP contribution in [0.1, 0.15) is 39.0 Å². The zero-order valence-electron chi connectivity index (χ0n) is 14.4. The Hall–Kier alpha value is -1.45. The average molecular weight is 388 g/mol. The van der Waals surface area contributed by atoms with Gasteiger partial charge in [-0.1, -0.05) is 19.4 Å². The highest BCUT2D eigenvalue weighted by Crippen LogP contribution is 2.28. The van der Waals surface area contributed by atoms with Crippen molar-refractivity contribution in [2.24, 2.45) is 0 Å². The number of nitrogens with one attached hydrogen (secondary N) is 2. The minimum absolute atomic E-state index is 0.153. The van der Waals surface area contributed by atoms with E-state index in [1.807, 2.05) is 6.92 Å². The van der Waals surface area contributed by atoms with Crippen molar-refractivity contribution in [1.82, 2.24) is 14.9 Å². The molecule has 0 spiro atoms. The van der Waals surface area contributed by atoms with E-state index in [1.54, 1.807) is 21.8 Å². The van der Waals surface area contributed by atoms with E-state index >= 15 is 0 Å². The lowest BCUT2D eigenvalue weighted by atomic mass is 10.0. The van der Waals surface area contributed by atoms with Crippen molar-refractivity contribution < 1.29 is 18.0 Å². The molecule has 2 amide bonds. The number of hydrogen-bond donors (Lipinski definition) is 2. The summed E-state index contributed by atoms with van der Waals surface area (Å²) in [7, 11) is -3.49. The van der Waals surface area contributed by atoms with E-state index < -0.39 is 21.8 Å². The molecule has 1 atom stereocenters.